The summed E-state index contributed by atoms with van der Waals surface area (Å²) in [5.41, 5.74) is 1.70. The third-order valence-corrected chi connectivity index (χ3v) is 6.56. The molecule has 0 spiro atoms. The topological polar surface area (TPSA) is 71.3 Å². The van der Waals surface area contributed by atoms with Gasteiger partial charge < -0.3 is 4.90 Å². The molecule has 152 valence electrons. The quantitative estimate of drug-likeness (QED) is 0.774. The van der Waals surface area contributed by atoms with Crippen molar-refractivity contribution < 1.29 is 4.79 Å². The number of nitrogens with zero attached hydrogens (tertiary/aromatic N) is 5. The minimum atomic E-state index is -0.0590. The van der Waals surface area contributed by atoms with Gasteiger partial charge in [0.15, 0.2) is 0 Å². The second-order valence-electron chi connectivity index (χ2n) is 8.52. The zero-order valence-electron chi connectivity index (χ0n) is 16.6. The summed E-state index contributed by atoms with van der Waals surface area (Å²) >= 11 is 0. The molecule has 2 aliphatic heterocycles. The Hall–Kier alpha value is -2.54. The van der Waals surface area contributed by atoms with Crippen LogP contribution in [0.3, 0.4) is 0 Å². The van der Waals surface area contributed by atoms with E-state index in [-0.39, 0.29) is 11.6 Å². The predicted octanol–water partition coefficient (Wildman–Crippen LogP) is 1.78. The average Bonchev–Trinajstić information content (AvgIpc) is 3.53. The van der Waals surface area contributed by atoms with E-state index in [1.165, 1.54) is 12.8 Å². The van der Waals surface area contributed by atoms with Crippen LogP contribution in [0.2, 0.25) is 0 Å². The van der Waals surface area contributed by atoms with Gasteiger partial charge in [0.05, 0.1) is 11.7 Å². The fourth-order valence-electron chi connectivity index (χ4n) is 4.72. The van der Waals surface area contributed by atoms with Gasteiger partial charge in [-0.25, -0.2) is 4.68 Å². The summed E-state index contributed by atoms with van der Waals surface area (Å²) in [4.78, 5) is 33.5. The molecular formula is C22H27N5O2. The molecule has 2 aromatic heterocycles. The molecule has 1 amide bonds. The molecule has 0 bridgehead atoms. The Morgan fingerprint density at radius 1 is 0.897 bits per heavy atom. The van der Waals surface area contributed by atoms with Gasteiger partial charge in [0.1, 0.15) is 0 Å². The summed E-state index contributed by atoms with van der Waals surface area (Å²) in [5, 5.41) is 4.58. The maximum atomic E-state index is 12.7. The average molecular weight is 393 g/mol. The molecule has 3 aliphatic rings. The maximum absolute atomic E-state index is 12.7. The van der Waals surface area contributed by atoms with Gasteiger partial charge in [0.2, 0.25) is 5.91 Å². The van der Waals surface area contributed by atoms with E-state index in [1.807, 2.05) is 12.1 Å². The Morgan fingerprint density at radius 2 is 1.66 bits per heavy atom. The third kappa shape index (κ3) is 3.83. The lowest BCUT2D eigenvalue weighted by molar-refractivity contribution is -0.133. The van der Waals surface area contributed by atoms with Crippen LogP contribution in [0, 0.1) is 5.92 Å². The SMILES string of the molecule is O=C1C(N2CCC(Cn3nc(-c4ccncc4)ccc3=O)CC2)CCN1C1CC1. The molecule has 1 unspecified atom stereocenters. The number of likely N-dealkylation sites (tertiary alicyclic amines) is 2. The lowest BCUT2D eigenvalue weighted by Crippen LogP contribution is -2.46. The first-order chi connectivity index (χ1) is 14.2. The first-order valence-corrected chi connectivity index (χ1v) is 10.7. The molecule has 7 nitrogen and oxygen atoms in total. The normalized spacial score (nSPS) is 23.7. The van der Waals surface area contributed by atoms with Crippen molar-refractivity contribution >= 4 is 5.91 Å². The zero-order chi connectivity index (χ0) is 19.8. The number of amides is 1. The van der Waals surface area contributed by atoms with E-state index in [2.05, 4.69) is 19.9 Å². The molecule has 2 saturated heterocycles. The van der Waals surface area contributed by atoms with Crippen molar-refractivity contribution in [2.24, 2.45) is 5.92 Å². The Morgan fingerprint density at radius 3 is 2.38 bits per heavy atom. The number of rotatable bonds is 5. The molecule has 0 N–H and O–H groups in total. The highest BCUT2D eigenvalue weighted by molar-refractivity contribution is 5.84. The largest absolute Gasteiger partial charge is 0.338 e. The van der Waals surface area contributed by atoms with Gasteiger partial charge in [-0.05, 0) is 69.3 Å². The maximum Gasteiger partial charge on any atom is 0.266 e. The fourth-order valence-corrected chi connectivity index (χ4v) is 4.72. The smallest absolute Gasteiger partial charge is 0.266 e. The van der Waals surface area contributed by atoms with Crippen LogP contribution in [-0.2, 0) is 11.3 Å². The van der Waals surface area contributed by atoms with Crippen molar-refractivity contribution in [2.75, 3.05) is 19.6 Å². The highest BCUT2D eigenvalue weighted by atomic mass is 16.2. The molecule has 5 rings (SSSR count). The van der Waals surface area contributed by atoms with Crippen molar-refractivity contribution in [3.05, 3.63) is 47.0 Å². The molecular weight excluding hydrogens is 366 g/mol. The number of piperidine rings is 1. The molecule has 0 aromatic carbocycles. The summed E-state index contributed by atoms with van der Waals surface area (Å²) in [5.74, 6) is 0.758. The van der Waals surface area contributed by atoms with E-state index in [0.29, 0.717) is 24.4 Å². The third-order valence-electron chi connectivity index (χ3n) is 6.56. The predicted molar refractivity (Wildman–Crippen MR) is 109 cm³/mol. The van der Waals surface area contributed by atoms with E-state index in [9.17, 15) is 9.59 Å². The molecule has 1 saturated carbocycles. The lowest BCUT2D eigenvalue weighted by Gasteiger charge is -2.35. The molecule has 29 heavy (non-hydrogen) atoms. The first kappa shape index (κ1) is 18.5. The molecule has 4 heterocycles. The fraction of sp³-hybridized carbons (Fsp3) is 0.545. The van der Waals surface area contributed by atoms with Crippen LogP contribution >= 0.6 is 0 Å². The first-order valence-electron chi connectivity index (χ1n) is 10.7. The van der Waals surface area contributed by atoms with E-state index in [4.69, 9.17) is 0 Å². The van der Waals surface area contributed by atoms with E-state index >= 15 is 0 Å². The van der Waals surface area contributed by atoms with Gasteiger partial charge in [-0.15, -0.1) is 0 Å². The van der Waals surface area contributed by atoms with Gasteiger partial charge in [0.25, 0.3) is 5.56 Å². The lowest BCUT2D eigenvalue weighted by atomic mass is 9.95. The van der Waals surface area contributed by atoms with Gasteiger partial charge in [0, 0.05) is 43.2 Å². The number of aromatic nitrogens is 3. The van der Waals surface area contributed by atoms with Crippen molar-refractivity contribution in [1.82, 2.24) is 24.6 Å². The Balaban J connectivity index is 1.21. The summed E-state index contributed by atoms with van der Waals surface area (Å²) in [7, 11) is 0. The van der Waals surface area contributed by atoms with Gasteiger partial charge in [-0.3, -0.25) is 19.5 Å². The van der Waals surface area contributed by atoms with Crippen LogP contribution < -0.4 is 5.56 Å². The van der Waals surface area contributed by atoms with E-state index in [1.54, 1.807) is 29.2 Å². The van der Waals surface area contributed by atoms with Gasteiger partial charge in [-0.2, -0.15) is 5.10 Å². The molecule has 1 aliphatic carbocycles. The molecule has 3 fully saturated rings. The second kappa shape index (κ2) is 7.71. The van der Waals surface area contributed by atoms with Crippen molar-refractivity contribution in [3.8, 4) is 11.3 Å². The summed E-state index contributed by atoms with van der Waals surface area (Å²) in [6.07, 6.45) is 8.80. The highest BCUT2D eigenvalue weighted by Crippen LogP contribution is 2.33. The van der Waals surface area contributed by atoms with Gasteiger partial charge >= 0.3 is 0 Å². The number of carbonyl (C=O) groups is 1. The summed E-state index contributed by atoms with van der Waals surface area (Å²) in [6, 6.07) is 7.77. The minimum Gasteiger partial charge on any atom is -0.338 e. The van der Waals surface area contributed by atoms with Crippen molar-refractivity contribution in [2.45, 2.75) is 50.7 Å². The van der Waals surface area contributed by atoms with Crippen molar-refractivity contribution in [3.63, 3.8) is 0 Å². The van der Waals surface area contributed by atoms with Crippen LogP contribution in [0.1, 0.15) is 32.1 Å². The highest BCUT2D eigenvalue weighted by Gasteiger charge is 2.43. The molecule has 7 heteroatoms. The van der Waals surface area contributed by atoms with Crippen LogP contribution in [-0.4, -0.2) is 62.2 Å². The second-order valence-corrected chi connectivity index (χ2v) is 8.52. The van der Waals surface area contributed by atoms with Crippen LogP contribution in [0.5, 0.6) is 0 Å². The van der Waals surface area contributed by atoms with Crippen LogP contribution in [0.25, 0.3) is 11.3 Å². The number of pyridine rings is 1. The minimum absolute atomic E-state index is 0.0590. The van der Waals surface area contributed by atoms with Gasteiger partial charge in [-0.1, -0.05) is 0 Å². The van der Waals surface area contributed by atoms with Crippen molar-refractivity contribution in [1.29, 1.82) is 0 Å². The Kier molecular flexibility index (Phi) is 4.91. The Bertz CT molecular complexity index is 932. The van der Waals surface area contributed by atoms with Crippen LogP contribution in [0.4, 0.5) is 0 Å². The monoisotopic (exact) mass is 393 g/mol. The van der Waals surface area contributed by atoms with E-state index < -0.39 is 0 Å². The molecule has 2 aromatic rings. The standard InChI is InChI=1S/C22H27N5O2/c28-21-4-3-19(17-5-10-23-11-6-17)24-27(21)15-16-7-12-25(13-8-16)20-9-14-26(22(20)29)18-1-2-18/h3-6,10-11,16,18,20H,1-2,7-9,12-15H2. The zero-order valence-corrected chi connectivity index (χ0v) is 16.6. The Labute approximate surface area is 170 Å². The van der Waals surface area contributed by atoms with E-state index in [0.717, 1.165) is 50.2 Å². The number of hydrogen-bond acceptors (Lipinski definition) is 5. The molecule has 1 atom stereocenters. The summed E-state index contributed by atoms with van der Waals surface area (Å²) < 4.78 is 1.60. The number of hydrogen-bond donors (Lipinski definition) is 0. The summed E-state index contributed by atoms with van der Waals surface area (Å²) in [6.45, 7) is 3.42. The molecule has 0 radical (unpaired) electrons. The van der Waals surface area contributed by atoms with Crippen LogP contribution in [0.15, 0.2) is 41.5 Å². The number of carbonyl (C=O) groups excluding carboxylic acids is 1.